The van der Waals surface area contributed by atoms with E-state index in [4.69, 9.17) is 0 Å². The average molecular weight is 384 g/mol. The molecule has 0 spiro atoms. The fourth-order valence-electron chi connectivity index (χ4n) is 1.24. The van der Waals surface area contributed by atoms with Gasteiger partial charge in [-0.2, -0.15) is 0 Å². The number of amides is 1. The number of Topliss-reactive ketones (excluding diaryl/α,β-unsaturated/α-hetero) is 1. The molecule has 0 aliphatic rings. The normalized spacial score (nSPS) is 10.6. The fourth-order valence-corrected chi connectivity index (χ4v) is 4.10. The minimum absolute atomic E-state index is 0.00905. The van der Waals surface area contributed by atoms with E-state index < -0.39 is 0 Å². The van der Waals surface area contributed by atoms with Crippen molar-refractivity contribution >= 4 is 54.9 Å². The number of nitrogens with one attached hydrogen (secondary N) is 1. The van der Waals surface area contributed by atoms with E-state index in [0.29, 0.717) is 5.56 Å². The number of hydrogen-bond acceptors (Lipinski definition) is 4. The molecular formula is C10H12Br2N2O2S. The van der Waals surface area contributed by atoms with Crippen LogP contribution in [0.4, 0.5) is 0 Å². The highest BCUT2D eigenvalue weighted by Gasteiger charge is 2.16. The summed E-state index contributed by atoms with van der Waals surface area (Å²) >= 11 is 8.13. The largest absolute Gasteiger partial charge is 0.358 e. The molecule has 0 aromatic carbocycles. The second kappa shape index (κ2) is 6.63. The third kappa shape index (κ3) is 4.50. The highest BCUT2D eigenvalue weighted by Crippen LogP contribution is 2.32. The molecule has 0 atom stereocenters. The second-order valence-electron chi connectivity index (χ2n) is 3.51. The second-order valence-corrected chi connectivity index (χ2v) is 7.26. The minimum Gasteiger partial charge on any atom is -0.358 e. The van der Waals surface area contributed by atoms with Crippen LogP contribution in [0.2, 0.25) is 0 Å². The Labute approximate surface area is 121 Å². The molecule has 1 N–H and O–H groups in total. The first-order valence-corrected chi connectivity index (χ1v) is 7.21. The van der Waals surface area contributed by atoms with Crippen LogP contribution in [-0.4, -0.2) is 43.8 Å². The van der Waals surface area contributed by atoms with Gasteiger partial charge >= 0.3 is 0 Å². The molecular weight excluding hydrogens is 372 g/mol. The van der Waals surface area contributed by atoms with Crippen LogP contribution in [0.15, 0.2) is 13.6 Å². The summed E-state index contributed by atoms with van der Waals surface area (Å²) < 4.78 is 1.71. The maximum absolute atomic E-state index is 11.9. The average Bonchev–Trinajstić information content (AvgIpc) is 2.57. The molecule has 0 aliphatic carbocycles. The Morgan fingerprint density at radius 1 is 1.41 bits per heavy atom. The van der Waals surface area contributed by atoms with Crippen molar-refractivity contribution in [1.29, 1.82) is 0 Å². The van der Waals surface area contributed by atoms with Crippen molar-refractivity contribution in [2.75, 3.05) is 27.2 Å². The van der Waals surface area contributed by atoms with Gasteiger partial charge in [0.2, 0.25) is 5.91 Å². The maximum atomic E-state index is 11.9. The van der Waals surface area contributed by atoms with Gasteiger partial charge in [-0.05, 0) is 45.0 Å². The zero-order valence-electron chi connectivity index (χ0n) is 9.42. The van der Waals surface area contributed by atoms with Crippen LogP contribution in [-0.2, 0) is 4.79 Å². The standard InChI is InChI=1S/C10H12Br2N2O2S/c1-13-9(16)5-14(2)4-7(15)6-3-8(11)17-10(6)12/h3H,4-5H2,1-2H3,(H,13,16). The number of likely N-dealkylation sites (N-methyl/N-ethyl adjacent to an activating group) is 2. The Morgan fingerprint density at radius 2 is 2.06 bits per heavy atom. The van der Waals surface area contributed by atoms with Gasteiger partial charge in [-0.15, -0.1) is 11.3 Å². The summed E-state index contributed by atoms with van der Waals surface area (Å²) in [5.41, 5.74) is 0.644. The lowest BCUT2D eigenvalue weighted by Gasteiger charge is -2.14. The van der Waals surface area contributed by atoms with Crippen LogP contribution in [0.3, 0.4) is 0 Å². The molecule has 0 radical (unpaired) electrons. The number of thiophene rings is 1. The van der Waals surface area contributed by atoms with Crippen molar-refractivity contribution in [2.24, 2.45) is 0 Å². The summed E-state index contributed by atoms with van der Waals surface area (Å²) in [5, 5.41) is 2.52. The Morgan fingerprint density at radius 3 is 2.53 bits per heavy atom. The molecule has 7 heteroatoms. The molecule has 1 aromatic rings. The van der Waals surface area contributed by atoms with E-state index in [0.717, 1.165) is 7.57 Å². The monoisotopic (exact) mass is 382 g/mol. The summed E-state index contributed by atoms with van der Waals surface area (Å²) in [6.07, 6.45) is 0. The molecule has 17 heavy (non-hydrogen) atoms. The third-order valence-electron chi connectivity index (χ3n) is 2.06. The lowest BCUT2D eigenvalue weighted by Crippen LogP contribution is -2.36. The first kappa shape index (κ1) is 14.8. The molecule has 1 rings (SSSR count). The van der Waals surface area contributed by atoms with Crippen LogP contribution < -0.4 is 5.32 Å². The number of nitrogens with zero attached hydrogens (tertiary/aromatic N) is 1. The Kier molecular flexibility index (Phi) is 5.78. The van der Waals surface area contributed by atoms with Crippen molar-refractivity contribution in [3.8, 4) is 0 Å². The number of ketones is 1. The highest BCUT2D eigenvalue weighted by atomic mass is 79.9. The quantitative estimate of drug-likeness (QED) is 0.792. The Hall–Kier alpha value is -0.240. The molecule has 1 amide bonds. The van der Waals surface area contributed by atoms with Gasteiger partial charge in [0, 0.05) is 12.6 Å². The molecule has 1 aromatic heterocycles. The molecule has 94 valence electrons. The lowest BCUT2D eigenvalue weighted by molar-refractivity contribution is -0.121. The van der Waals surface area contributed by atoms with Crippen LogP contribution in [0, 0.1) is 0 Å². The highest BCUT2D eigenvalue weighted by molar-refractivity contribution is 9.12. The summed E-state index contributed by atoms with van der Waals surface area (Å²) in [6, 6.07) is 1.78. The molecule has 1 heterocycles. The molecule has 0 saturated carbocycles. The van der Waals surface area contributed by atoms with Gasteiger partial charge in [0.05, 0.1) is 20.7 Å². The summed E-state index contributed by atoms with van der Waals surface area (Å²) in [4.78, 5) is 24.8. The van der Waals surface area contributed by atoms with Gasteiger partial charge in [-0.3, -0.25) is 14.5 Å². The van der Waals surface area contributed by atoms with Gasteiger partial charge in [0.25, 0.3) is 0 Å². The predicted octanol–water partition coefficient (Wildman–Crippen LogP) is 2.13. The summed E-state index contributed by atoms with van der Waals surface area (Å²) in [5.74, 6) is -0.115. The first-order chi connectivity index (χ1) is 7.93. The Balaban J connectivity index is 2.60. The molecule has 0 aliphatic heterocycles. The van der Waals surface area contributed by atoms with Crippen molar-refractivity contribution in [3.63, 3.8) is 0 Å². The number of carbonyl (C=O) groups is 2. The zero-order valence-corrected chi connectivity index (χ0v) is 13.4. The van der Waals surface area contributed by atoms with Crippen LogP contribution >= 0.6 is 43.2 Å². The molecule has 0 unspecified atom stereocenters. The van der Waals surface area contributed by atoms with Crippen molar-refractivity contribution in [2.45, 2.75) is 0 Å². The van der Waals surface area contributed by atoms with E-state index in [9.17, 15) is 9.59 Å². The first-order valence-electron chi connectivity index (χ1n) is 4.81. The van der Waals surface area contributed by atoms with E-state index in [2.05, 4.69) is 37.2 Å². The molecule has 0 bridgehead atoms. The van der Waals surface area contributed by atoms with Gasteiger partial charge in [0.1, 0.15) is 0 Å². The van der Waals surface area contributed by atoms with Gasteiger partial charge < -0.3 is 5.32 Å². The van der Waals surface area contributed by atoms with Crippen LogP contribution in [0.1, 0.15) is 10.4 Å². The molecule has 0 fully saturated rings. The molecule has 0 saturated heterocycles. The number of rotatable bonds is 5. The summed E-state index contributed by atoms with van der Waals surface area (Å²) in [6.45, 7) is 0.431. The maximum Gasteiger partial charge on any atom is 0.233 e. The van der Waals surface area contributed by atoms with Crippen LogP contribution in [0.5, 0.6) is 0 Å². The van der Waals surface area contributed by atoms with Crippen molar-refractivity contribution in [3.05, 3.63) is 19.2 Å². The lowest BCUT2D eigenvalue weighted by atomic mass is 10.2. The van der Waals surface area contributed by atoms with E-state index >= 15 is 0 Å². The third-order valence-corrected chi connectivity index (χ3v) is 4.40. The van der Waals surface area contributed by atoms with E-state index in [1.54, 1.807) is 25.1 Å². The number of hydrogen-bond donors (Lipinski definition) is 1. The van der Waals surface area contributed by atoms with E-state index in [1.807, 2.05) is 0 Å². The minimum atomic E-state index is -0.106. The van der Waals surface area contributed by atoms with Gasteiger partial charge in [-0.25, -0.2) is 0 Å². The van der Waals surface area contributed by atoms with E-state index in [-0.39, 0.29) is 24.8 Å². The molecule has 4 nitrogen and oxygen atoms in total. The number of halogens is 2. The van der Waals surface area contributed by atoms with Crippen LogP contribution in [0.25, 0.3) is 0 Å². The van der Waals surface area contributed by atoms with Crippen molar-refractivity contribution < 1.29 is 9.59 Å². The topological polar surface area (TPSA) is 49.4 Å². The smallest absolute Gasteiger partial charge is 0.233 e. The van der Waals surface area contributed by atoms with E-state index in [1.165, 1.54) is 11.3 Å². The Bertz CT molecular complexity index is 434. The van der Waals surface area contributed by atoms with Gasteiger partial charge in [0.15, 0.2) is 5.78 Å². The van der Waals surface area contributed by atoms with Gasteiger partial charge in [-0.1, -0.05) is 0 Å². The SMILES string of the molecule is CNC(=O)CN(C)CC(=O)c1cc(Br)sc1Br. The van der Waals surface area contributed by atoms with Crippen molar-refractivity contribution in [1.82, 2.24) is 10.2 Å². The fraction of sp³-hybridized carbons (Fsp3) is 0.400. The summed E-state index contributed by atoms with van der Waals surface area (Å²) in [7, 11) is 3.31. The predicted molar refractivity (Wildman–Crippen MR) is 75.6 cm³/mol. The number of carbonyl (C=O) groups excluding carboxylic acids is 2. The zero-order chi connectivity index (χ0) is 13.0.